The summed E-state index contributed by atoms with van der Waals surface area (Å²) in [6.45, 7) is 3.66. The van der Waals surface area contributed by atoms with Crippen molar-refractivity contribution in [2.24, 2.45) is 17.8 Å². The molecule has 1 aromatic carbocycles. The summed E-state index contributed by atoms with van der Waals surface area (Å²) in [7, 11) is 1.72. The third kappa shape index (κ3) is 2.79. The highest BCUT2D eigenvalue weighted by Crippen LogP contribution is 2.52. The maximum Gasteiger partial charge on any atom is 0.327 e. The number of hydrogen-bond acceptors (Lipinski definition) is 3. The number of nitrogens with zero attached hydrogens (tertiary/aromatic N) is 2. The van der Waals surface area contributed by atoms with E-state index in [1.165, 1.54) is 17.7 Å². The second kappa shape index (κ2) is 6.47. The summed E-state index contributed by atoms with van der Waals surface area (Å²) < 4.78 is 0. The fraction of sp³-hybridized carbons (Fsp3) is 0.591. The Balaban J connectivity index is 1.58. The Bertz CT molecular complexity index is 797. The topological polar surface area (TPSA) is 57.7 Å². The summed E-state index contributed by atoms with van der Waals surface area (Å²) in [4.78, 5) is 41.7. The SMILES string of the molecule is Cc1cccc(C(=O)CN2C(=O)N(C)C(C)(C3C[C@H]4CC[C@@H]3CC4)C2=O)c1. The summed E-state index contributed by atoms with van der Waals surface area (Å²) in [5.41, 5.74) is 0.706. The van der Waals surface area contributed by atoms with Crippen LogP contribution in [0.5, 0.6) is 0 Å². The summed E-state index contributed by atoms with van der Waals surface area (Å²) in [6.07, 6.45) is 5.83. The molecular formula is C22H28N2O3. The number of imide groups is 1. The molecule has 1 aromatic rings. The minimum Gasteiger partial charge on any atom is -0.313 e. The lowest BCUT2D eigenvalue weighted by molar-refractivity contribution is -0.138. The number of fused-ring (bicyclic) bond motifs is 3. The van der Waals surface area contributed by atoms with Crippen LogP contribution in [-0.4, -0.2) is 46.7 Å². The number of ketones is 1. The quantitative estimate of drug-likeness (QED) is 0.602. The Kier molecular flexibility index (Phi) is 4.36. The first-order valence-electron chi connectivity index (χ1n) is 10.0. The summed E-state index contributed by atoms with van der Waals surface area (Å²) in [5.74, 6) is 0.991. The van der Waals surface area contributed by atoms with E-state index in [-0.39, 0.29) is 30.2 Å². The van der Waals surface area contributed by atoms with Crippen LogP contribution in [0.4, 0.5) is 4.79 Å². The first-order chi connectivity index (χ1) is 12.8. The molecule has 2 atom stereocenters. The molecular weight excluding hydrogens is 340 g/mol. The Morgan fingerprint density at radius 2 is 1.89 bits per heavy atom. The molecule has 5 nitrogen and oxygen atoms in total. The van der Waals surface area contributed by atoms with E-state index in [1.54, 1.807) is 24.1 Å². The van der Waals surface area contributed by atoms with Gasteiger partial charge in [-0.2, -0.15) is 0 Å². The Labute approximate surface area is 160 Å². The molecule has 27 heavy (non-hydrogen) atoms. The zero-order chi connectivity index (χ0) is 19.3. The molecule has 3 amide bonds. The van der Waals surface area contributed by atoms with Gasteiger partial charge < -0.3 is 4.90 Å². The average molecular weight is 368 g/mol. The molecule has 1 aliphatic heterocycles. The van der Waals surface area contributed by atoms with Crippen molar-refractivity contribution < 1.29 is 14.4 Å². The van der Waals surface area contributed by atoms with E-state index in [1.807, 2.05) is 26.0 Å². The van der Waals surface area contributed by atoms with E-state index < -0.39 is 5.54 Å². The van der Waals surface area contributed by atoms with Crippen molar-refractivity contribution in [3.05, 3.63) is 35.4 Å². The number of likely N-dealkylation sites (N-methyl/N-ethyl adjacent to an activating group) is 1. The zero-order valence-corrected chi connectivity index (χ0v) is 16.4. The fourth-order valence-corrected chi connectivity index (χ4v) is 5.55. The Morgan fingerprint density at radius 3 is 2.48 bits per heavy atom. The number of carbonyl (C=O) groups excluding carboxylic acids is 3. The number of amides is 3. The zero-order valence-electron chi connectivity index (χ0n) is 16.4. The predicted molar refractivity (Wildman–Crippen MR) is 102 cm³/mol. The number of Topliss-reactive ketones (excluding diaryl/α,β-unsaturated/α-hetero) is 1. The van der Waals surface area contributed by atoms with E-state index in [9.17, 15) is 14.4 Å². The molecule has 0 radical (unpaired) electrons. The van der Waals surface area contributed by atoms with Crippen molar-refractivity contribution in [1.29, 1.82) is 0 Å². The van der Waals surface area contributed by atoms with Gasteiger partial charge in [-0.05, 0) is 56.9 Å². The lowest BCUT2D eigenvalue weighted by atomic mass is 9.59. The minimum atomic E-state index is -0.826. The number of benzene rings is 1. The molecule has 2 bridgehead atoms. The molecule has 0 aromatic heterocycles. The smallest absolute Gasteiger partial charge is 0.313 e. The fourth-order valence-electron chi connectivity index (χ4n) is 5.55. The molecule has 2 unspecified atom stereocenters. The van der Waals surface area contributed by atoms with Crippen LogP contribution in [0.2, 0.25) is 0 Å². The first kappa shape index (κ1) is 18.2. The largest absolute Gasteiger partial charge is 0.327 e. The Morgan fingerprint density at radius 1 is 1.19 bits per heavy atom. The van der Waals surface area contributed by atoms with Gasteiger partial charge in [0, 0.05) is 12.6 Å². The maximum atomic E-state index is 13.4. The van der Waals surface area contributed by atoms with Crippen molar-refractivity contribution in [3.8, 4) is 0 Å². The van der Waals surface area contributed by atoms with Gasteiger partial charge in [0.25, 0.3) is 5.91 Å². The molecule has 0 N–H and O–H groups in total. The Hall–Kier alpha value is -2.17. The van der Waals surface area contributed by atoms with Crippen LogP contribution in [0.15, 0.2) is 24.3 Å². The minimum absolute atomic E-state index is 0.179. The standard InChI is InChI=1S/C22H28N2O3/c1-14-5-4-6-17(11-14)19(25)13-24-20(26)22(2,23(3)21(24)27)18-12-15-7-9-16(18)10-8-15/h4-6,11,15-16,18H,7-10,12-13H2,1-3H3/t15-,16+,18?,22?. The van der Waals surface area contributed by atoms with Gasteiger partial charge in [0.15, 0.2) is 5.78 Å². The van der Waals surface area contributed by atoms with Gasteiger partial charge in [-0.25, -0.2) is 4.79 Å². The van der Waals surface area contributed by atoms with Crippen LogP contribution in [0.25, 0.3) is 0 Å². The number of carbonyl (C=O) groups is 3. The molecule has 3 aliphatic carbocycles. The summed E-state index contributed by atoms with van der Waals surface area (Å²) in [6, 6.07) is 6.95. The van der Waals surface area contributed by atoms with Crippen LogP contribution in [0, 0.1) is 24.7 Å². The number of rotatable bonds is 4. The highest BCUT2D eigenvalue weighted by atomic mass is 16.2. The molecule has 3 saturated carbocycles. The molecule has 4 aliphatic rings. The van der Waals surface area contributed by atoms with Crippen LogP contribution < -0.4 is 0 Å². The van der Waals surface area contributed by atoms with E-state index in [4.69, 9.17) is 0 Å². The second-order valence-corrected chi connectivity index (χ2v) is 8.80. The third-order valence-electron chi connectivity index (χ3n) is 7.30. The third-order valence-corrected chi connectivity index (χ3v) is 7.30. The van der Waals surface area contributed by atoms with E-state index in [0.29, 0.717) is 17.4 Å². The molecule has 5 heteroatoms. The van der Waals surface area contributed by atoms with Crippen molar-refractivity contribution in [1.82, 2.24) is 9.80 Å². The van der Waals surface area contributed by atoms with Gasteiger partial charge in [-0.3, -0.25) is 14.5 Å². The highest BCUT2D eigenvalue weighted by Gasteiger charge is 2.60. The molecule has 4 fully saturated rings. The maximum absolute atomic E-state index is 13.4. The molecule has 1 heterocycles. The van der Waals surface area contributed by atoms with Gasteiger partial charge in [-0.1, -0.05) is 36.6 Å². The van der Waals surface area contributed by atoms with Gasteiger partial charge in [-0.15, -0.1) is 0 Å². The number of urea groups is 1. The monoisotopic (exact) mass is 368 g/mol. The molecule has 5 rings (SSSR count). The van der Waals surface area contributed by atoms with E-state index in [2.05, 4.69) is 0 Å². The van der Waals surface area contributed by atoms with Gasteiger partial charge in [0.2, 0.25) is 0 Å². The van der Waals surface area contributed by atoms with Crippen LogP contribution in [0.3, 0.4) is 0 Å². The second-order valence-electron chi connectivity index (χ2n) is 8.80. The normalized spacial score (nSPS) is 33.1. The van der Waals surface area contributed by atoms with Gasteiger partial charge >= 0.3 is 6.03 Å². The van der Waals surface area contributed by atoms with Crippen molar-refractivity contribution >= 4 is 17.7 Å². The van der Waals surface area contributed by atoms with Crippen LogP contribution >= 0.6 is 0 Å². The summed E-state index contributed by atoms with van der Waals surface area (Å²) in [5, 5.41) is 0. The molecule has 144 valence electrons. The lowest BCUT2D eigenvalue weighted by Crippen LogP contribution is -2.56. The predicted octanol–water partition coefficient (Wildman–Crippen LogP) is 3.66. The number of aryl methyl sites for hydroxylation is 1. The van der Waals surface area contributed by atoms with Gasteiger partial charge in [0.05, 0.1) is 6.54 Å². The van der Waals surface area contributed by atoms with Crippen molar-refractivity contribution in [2.45, 2.75) is 51.5 Å². The van der Waals surface area contributed by atoms with Crippen LogP contribution in [-0.2, 0) is 4.79 Å². The molecule has 1 saturated heterocycles. The number of hydrogen-bond donors (Lipinski definition) is 0. The highest BCUT2D eigenvalue weighted by molar-refractivity contribution is 6.11. The van der Waals surface area contributed by atoms with E-state index >= 15 is 0 Å². The van der Waals surface area contributed by atoms with Gasteiger partial charge in [0.1, 0.15) is 5.54 Å². The molecule has 0 spiro atoms. The van der Waals surface area contributed by atoms with E-state index in [0.717, 1.165) is 24.8 Å². The lowest BCUT2D eigenvalue weighted by Gasteiger charge is -2.49. The first-order valence-corrected chi connectivity index (χ1v) is 10.0. The van der Waals surface area contributed by atoms with Crippen LogP contribution in [0.1, 0.15) is 54.9 Å². The average Bonchev–Trinajstić information content (AvgIpc) is 2.85. The van der Waals surface area contributed by atoms with Crippen molar-refractivity contribution in [3.63, 3.8) is 0 Å². The van der Waals surface area contributed by atoms with Crippen molar-refractivity contribution in [2.75, 3.05) is 13.6 Å². The summed E-state index contributed by atoms with van der Waals surface area (Å²) >= 11 is 0.